The summed E-state index contributed by atoms with van der Waals surface area (Å²) in [6.07, 6.45) is 0.664. The molecule has 100 valence electrons. The molecule has 0 aromatic heterocycles. The highest BCUT2D eigenvalue weighted by molar-refractivity contribution is 7.87. The van der Waals surface area contributed by atoms with Crippen molar-refractivity contribution in [3.05, 3.63) is 34.9 Å². The van der Waals surface area contributed by atoms with Crippen LogP contribution in [0.4, 0.5) is 0 Å². The molecule has 0 aliphatic heterocycles. The lowest BCUT2D eigenvalue weighted by Gasteiger charge is -2.16. The van der Waals surface area contributed by atoms with E-state index in [4.69, 9.17) is 11.6 Å². The van der Waals surface area contributed by atoms with E-state index >= 15 is 0 Å². The molecule has 0 aliphatic carbocycles. The lowest BCUT2D eigenvalue weighted by Crippen LogP contribution is -2.41. The van der Waals surface area contributed by atoms with Gasteiger partial charge < -0.3 is 0 Å². The summed E-state index contributed by atoms with van der Waals surface area (Å²) in [6.45, 7) is 2.19. The maximum atomic E-state index is 11.8. The number of carbonyl (C=O) groups is 1. The van der Waals surface area contributed by atoms with Gasteiger partial charge in [-0.05, 0) is 18.6 Å². The van der Waals surface area contributed by atoms with Crippen LogP contribution in [-0.2, 0) is 10.2 Å². The lowest BCUT2D eigenvalue weighted by molar-refractivity contribution is 0.0979. The van der Waals surface area contributed by atoms with Gasteiger partial charge >= 0.3 is 10.2 Å². The van der Waals surface area contributed by atoms with Gasteiger partial charge in [-0.2, -0.15) is 12.7 Å². The third kappa shape index (κ3) is 3.69. The predicted octanol–water partition coefficient (Wildman–Crippen LogP) is 1.66. The first kappa shape index (κ1) is 14.9. The fraction of sp³-hybridized carbons (Fsp3) is 0.364. The molecule has 1 rings (SSSR count). The molecular weight excluding hydrogens is 276 g/mol. The van der Waals surface area contributed by atoms with E-state index in [2.05, 4.69) is 0 Å². The average molecular weight is 291 g/mol. The van der Waals surface area contributed by atoms with Gasteiger partial charge in [-0.15, -0.1) is 0 Å². The van der Waals surface area contributed by atoms with Crippen molar-refractivity contribution < 1.29 is 13.2 Å². The van der Waals surface area contributed by atoms with Gasteiger partial charge in [-0.3, -0.25) is 4.79 Å². The molecule has 1 amide bonds. The van der Waals surface area contributed by atoms with Gasteiger partial charge in [0, 0.05) is 13.6 Å². The van der Waals surface area contributed by atoms with Crippen molar-refractivity contribution in [2.45, 2.75) is 13.3 Å². The molecule has 18 heavy (non-hydrogen) atoms. The minimum Gasteiger partial charge on any atom is -0.268 e. The number of hydrogen-bond acceptors (Lipinski definition) is 3. The quantitative estimate of drug-likeness (QED) is 0.897. The first-order valence-electron chi connectivity index (χ1n) is 5.41. The highest BCUT2D eigenvalue weighted by atomic mass is 35.5. The zero-order chi connectivity index (χ0) is 13.8. The van der Waals surface area contributed by atoms with Crippen molar-refractivity contribution in [3.8, 4) is 0 Å². The van der Waals surface area contributed by atoms with Crippen LogP contribution in [0.5, 0.6) is 0 Å². The number of hydrogen-bond donors (Lipinski definition) is 1. The summed E-state index contributed by atoms with van der Waals surface area (Å²) in [4.78, 5) is 11.8. The zero-order valence-electron chi connectivity index (χ0n) is 10.2. The molecule has 0 fully saturated rings. The van der Waals surface area contributed by atoms with Gasteiger partial charge in [-0.1, -0.05) is 30.7 Å². The molecule has 0 atom stereocenters. The van der Waals surface area contributed by atoms with Gasteiger partial charge in [0.2, 0.25) is 0 Å². The number of carbonyl (C=O) groups excluding carboxylic acids is 1. The highest BCUT2D eigenvalue weighted by Gasteiger charge is 2.21. The van der Waals surface area contributed by atoms with Gasteiger partial charge in [0.25, 0.3) is 5.91 Å². The summed E-state index contributed by atoms with van der Waals surface area (Å²) < 4.78 is 26.6. The number of benzene rings is 1. The average Bonchev–Trinajstić information content (AvgIpc) is 2.29. The second kappa shape index (κ2) is 6.17. The molecule has 0 unspecified atom stereocenters. The molecule has 0 radical (unpaired) electrons. The zero-order valence-corrected chi connectivity index (χ0v) is 11.8. The standard InChI is InChI=1S/C11H15ClN2O3S/c1-3-8-14(2)18(16,17)13-11(15)9-6-4-5-7-10(9)12/h4-7H,3,8H2,1-2H3,(H,13,15). The molecule has 0 saturated carbocycles. The summed E-state index contributed by atoms with van der Waals surface area (Å²) in [5, 5.41) is 0.211. The fourth-order valence-corrected chi connectivity index (χ4v) is 2.48. The number of nitrogens with zero attached hydrogens (tertiary/aromatic N) is 1. The Balaban J connectivity index is 2.86. The number of nitrogens with one attached hydrogen (secondary N) is 1. The third-order valence-corrected chi connectivity index (χ3v) is 4.07. The second-order valence-corrected chi connectivity index (χ2v) is 5.92. The van der Waals surface area contributed by atoms with Crippen LogP contribution in [0.25, 0.3) is 0 Å². The van der Waals surface area contributed by atoms with Crippen LogP contribution < -0.4 is 4.72 Å². The van der Waals surface area contributed by atoms with Crippen LogP contribution in [-0.4, -0.2) is 32.2 Å². The molecule has 1 aromatic carbocycles. The minimum atomic E-state index is -3.81. The number of amides is 1. The Bertz CT molecular complexity index is 531. The number of rotatable bonds is 5. The third-order valence-electron chi connectivity index (χ3n) is 2.29. The van der Waals surface area contributed by atoms with E-state index in [1.165, 1.54) is 19.2 Å². The van der Waals surface area contributed by atoms with E-state index in [0.717, 1.165) is 4.31 Å². The molecule has 5 nitrogen and oxygen atoms in total. The Hall–Kier alpha value is -1.11. The minimum absolute atomic E-state index is 0.132. The van der Waals surface area contributed by atoms with Crippen molar-refractivity contribution in [3.63, 3.8) is 0 Å². The van der Waals surface area contributed by atoms with Crippen molar-refractivity contribution in [2.24, 2.45) is 0 Å². The highest BCUT2D eigenvalue weighted by Crippen LogP contribution is 2.15. The Morgan fingerprint density at radius 1 is 1.39 bits per heavy atom. The summed E-state index contributed by atoms with van der Waals surface area (Å²) in [5.74, 6) is -0.733. The predicted molar refractivity (Wildman–Crippen MR) is 70.8 cm³/mol. The van der Waals surface area contributed by atoms with E-state index in [1.807, 2.05) is 11.6 Å². The first-order chi connectivity index (χ1) is 8.38. The monoisotopic (exact) mass is 290 g/mol. The maximum absolute atomic E-state index is 11.8. The molecule has 0 bridgehead atoms. The largest absolute Gasteiger partial charge is 0.303 e. The fourth-order valence-electron chi connectivity index (χ4n) is 1.33. The van der Waals surface area contributed by atoms with E-state index in [0.29, 0.717) is 13.0 Å². The number of halogens is 1. The van der Waals surface area contributed by atoms with E-state index in [-0.39, 0.29) is 10.6 Å². The smallest absolute Gasteiger partial charge is 0.268 e. The lowest BCUT2D eigenvalue weighted by atomic mass is 10.2. The summed E-state index contributed by atoms with van der Waals surface area (Å²) in [6, 6.07) is 6.27. The van der Waals surface area contributed by atoms with Gasteiger partial charge in [0.05, 0.1) is 10.6 Å². The van der Waals surface area contributed by atoms with Crippen LogP contribution in [0, 0.1) is 0 Å². The van der Waals surface area contributed by atoms with Gasteiger partial charge in [0.1, 0.15) is 0 Å². The molecule has 0 aliphatic rings. The normalized spacial score (nSPS) is 11.6. The van der Waals surface area contributed by atoms with Gasteiger partial charge in [0.15, 0.2) is 0 Å². The van der Waals surface area contributed by atoms with Crippen molar-refractivity contribution in [1.82, 2.24) is 9.03 Å². The summed E-state index contributed by atoms with van der Waals surface area (Å²) >= 11 is 5.82. The molecule has 1 aromatic rings. The Labute approximate surface area is 112 Å². The molecule has 0 spiro atoms. The molecular formula is C11H15ClN2O3S. The van der Waals surface area contributed by atoms with E-state index < -0.39 is 16.1 Å². The van der Waals surface area contributed by atoms with Gasteiger partial charge in [-0.25, -0.2) is 4.72 Å². The summed E-state index contributed by atoms with van der Waals surface area (Å²) in [7, 11) is -2.40. The van der Waals surface area contributed by atoms with Crippen LogP contribution in [0.15, 0.2) is 24.3 Å². The van der Waals surface area contributed by atoms with E-state index in [1.54, 1.807) is 12.1 Å². The Morgan fingerprint density at radius 3 is 2.56 bits per heavy atom. The van der Waals surface area contributed by atoms with Crippen molar-refractivity contribution in [2.75, 3.05) is 13.6 Å². The van der Waals surface area contributed by atoms with Crippen LogP contribution in [0.3, 0.4) is 0 Å². The maximum Gasteiger partial charge on any atom is 0.303 e. The molecule has 0 saturated heterocycles. The molecule has 0 heterocycles. The summed E-state index contributed by atoms with van der Waals surface area (Å²) in [5.41, 5.74) is 0.132. The molecule has 1 N–H and O–H groups in total. The SMILES string of the molecule is CCCN(C)S(=O)(=O)NC(=O)c1ccccc1Cl. The van der Waals surface area contributed by atoms with Crippen molar-refractivity contribution >= 4 is 27.7 Å². The van der Waals surface area contributed by atoms with Crippen molar-refractivity contribution in [1.29, 1.82) is 0 Å². The second-order valence-electron chi connectivity index (χ2n) is 3.74. The van der Waals surface area contributed by atoms with Crippen LogP contribution in [0.1, 0.15) is 23.7 Å². The van der Waals surface area contributed by atoms with Crippen LogP contribution in [0.2, 0.25) is 5.02 Å². The van der Waals surface area contributed by atoms with E-state index in [9.17, 15) is 13.2 Å². The Morgan fingerprint density at radius 2 is 2.00 bits per heavy atom. The Kier molecular flexibility index (Phi) is 5.13. The topological polar surface area (TPSA) is 66.5 Å². The first-order valence-corrected chi connectivity index (χ1v) is 7.23. The molecule has 7 heteroatoms. The van der Waals surface area contributed by atoms with Crippen LogP contribution >= 0.6 is 11.6 Å².